The Balaban J connectivity index is 1.57. The molecule has 0 spiro atoms. The number of halogens is 1. The van der Waals surface area contributed by atoms with Crippen LogP contribution in [0.4, 0.5) is 16.3 Å². The molecule has 4 heterocycles. The van der Waals surface area contributed by atoms with Gasteiger partial charge in [0.2, 0.25) is 17.8 Å². The van der Waals surface area contributed by atoms with Crippen LogP contribution in [0.2, 0.25) is 0 Å². The first-order valence-electron chi connectivity index (χ1n) is 9.94. The summed E-state index contributed by atoms with van der Waals surface area (Å²) in [5.74, 6) is 0.877. The highest BCUT2D eigenvalue weighted by molar-refractivity contribution is 6.15. The number of fused-ring (bicyclic) bond motifs is 1. The first-order chi connectivity index (χ1) is 14.0. The molecule has 1 saturated carbocycles. The van der Waals surface area contributed by atoms with Crippen LogP contribution in [-0.2, 0) is 9.59 Å². The number of hydrogen-bond acceptors (Lipinski definition) is 7. The van der Waals surface area contributed by atoms with Crippen LogP contribution in [0.3, 0.4) is 0 Å². The molecular formula is C19H22FN7O2. The Labute approximate surface area is 166 Å². The monoisotopic (exact) mass is 399 g/mol. The third-order valence-corrected chi connectivity index (χ3v) is 5.70. The molecular weight excluding hydrogens is 377 g/mol. The number of amides is 2. The van der Waals surface area contributed by atoms with E-state index in [1.54, 1.807) is 16.8 Å². The van der Waals surface area contributed by atoms with E-state index in [4.69, 9.17) is 0 Å². The van der Waals surface area contributed by atoms with E-state index in [1.807, 2.05) is 4.90 Å². The largest absolute Gasteiger partial charge is 0.351 e. The summed E-state index contributed by atoms with van der Waals surface area (Å²) in [7, 11) is 0. The lowest BCUT2D eigenvalue weighted by Gasteiger charge is -2.19. The van der Waals surface area contributed by atoms with Gasteiger partial charge in [-0.05, 0) is 38.2 Å². The smallest absolute Gasteiger partial charge is 0.254 e. The first kappa shape index (κ1) is 18.0. The van der Waals surface area contributed by atoms with E-state index in [2.05, 4.69) is 32.6 Å². The summed E-state index contributed by atoms with van der Waals surface area (Å²) >= 11 is 0. The number of imide groups is 1. The molecule has 0 radical (unpaired) electrons. The number of aromatic nitrogens is 4. The average molecular weight is 399 g/mol. The van der Waals surface area contributed by atoms with Crippen molar-refractivity contribution in [3.63, 3.8) is 0 Å². The average Bonchev–Trinajstić information content (AvgIpc) is 3.22. The Morgan fingerprint density at radius 1 is 1.31 bits per heavy atom. The van der Waals surface area contributed by atoms with Crippen molar-refractivity contribution in [2.45, 2.75) is 44.8 Å². The van der Waals surface area contributed by atoms with Crippen LogP contribution >= 0.6 is 0 Å². The molecule has 2 aliphatic heterocycles. The Morgan fingerprint density at radius 2 is 2.14 bits per heavy atom. The molecule has 10 heteroatoms. The minimum atomic E-state index is -0.896. The van der Waals surface area contributed by atoms with Crippen molar-refractivity contribution < 1.29 is 14.0 Å². The molecule has 5 rings (SSSR count). The molecule has 9 nitrogen and oxygen atoms in total. The number of rotatable bonds is 5. The zero-order valence-corrected chi connectivity index (χ0v) is 16.1. The van der Waals surface area contributed by atoms with E-state index in [-0.39, 0.29) is 24.9 Å². The molecule has 2 N–H and O–H groups in total. The van der Waals surface area contributed by atoms with E-state index in [0.717, 1.165) is 0 Å². The second-order valence-electron chi connectivity index (χ2n) is 8.01. The Hall–Kier alpha value is -3.04. The molecule has 2 aromatic rings. The van der Waals surface area contributed by atoms with Crippen LogP contribution in [-0.4, -0.2) is 56.7 Å². The standard InChI is InChI=1S/C19H22FN7O2/c1-10(11-2-3-11)22-18-24-16-13(6-12-7-15(28)23-17(12)29)8-21-27(16)19(25-18)26-5-4-14(20)9-26/h6,8,10-11,14H,2-5,7,9H2,1H3,(H,22,24)(H,23,28,29)/t10-,14-/m0/s1. The molecule has 0 bridgehead atoms. The Morgan fingerprint density at radius 3 is 2.79 bits per heavy atom. The van der Waals surface area contributed by atoms with Gasteiger partial charge in [0, 0.05) is 23.7 Å². The van der Waals surface area contributed by atoms with E-state index in [9.17, 15) is 14.0 Å². The fraction of sp³-hybridized carbons (Fsp3) is 0.526. The van der Waals surface area contributed by atoms with E-state index < -0.39 is 12.1 Å². The maximum atomic E-state index is 13.8. The predicted molar refractivity (Wildman–Crippen MR) is 104 cm³/mol. The van der Waals surface area contributed by atoms with Crippen molar-refractivity contribution in [1.29, 1.82) is 0 Å². The summed E-state index contributed by atoms with van der Waals surface area (Å²) in [6.07, 6.45) is 5.19. The Kier molecular flexibility index (Phi) is 4.21. The second kappa shape index (κ2) is 6.78. The van der Waals surface area contributed by atoms with Gasteiger partial charge in [-0.25, -0.2) is 4.39 Å². The normalized spacial score (nSPS) is 24.6. The number of carbonyl (C=O) groups is 2. The molecule has 3 fully saturated rings. The molecule has 29 heavy (non-hydrogen) atoms. The van der Waals surface area contributed by atoms with Crippen LogP contribution in [0, 0.1) is 5.92 Å². The fourth-order valence-electron chi connectivity index (χ4n) is 3.88. The molecule has 0 unspecified atom stereocenters. The van der Waals surface area contributed by atoms with Gasteiger partial charge in [0.1, 0.15) is 6.17 Å². The van der Waals surface area contributed by atoms with Gasteiger partial charge in [0.15, 0.2) is 5.65 Å². The van der Waals surface area contributed by atoms with E-state index in [0.29, 0.717) is 47.6 Å². The van der Waals surface area contributed by atoms with Crippen molar-refractivity contribution in [1.82, 2.24) is 24.9 Å². The molecule has 0 aromatic carbocycles. The predicted octanol–water partition coefficient (Wildman–Crippen LogP) is 1.31. The zero-order valence-electron chi connectivity index (χ0n) is 16.1. The maximum absolute atomic E-state index is 13.8. The van der Waals surface area contributed by atoms with Crippen LogP contribution in [0.15, 0.2) is 11.8 Å². The van der Waals surface area contributed by atoms with Gasteiger partial charge in [-0.15, -0.1) is 0 Å². The van der Waals surface area contributed by atoms with Crippen molar-refractivity contribution in [3.05, 3.63) is 17.3 Å². The number of alkyl halides is 1. The molecule has 1 aliphatic carbocycles. The van der Waals surface area contributed by atoms with Gasteiger partial charge in [0.25, 0.3) is 5.91 Å². The van der Waals surface area contributed by atoms with Crippen LogP contribution in [0.1, 0.15) is 38.2 Å². The van der Waals surface area contributed by atoms with Crippen molar-refractivity contribution in [3.8, 4) is 0 Å². The third kappa shape index (κ3) is 3.43. The number of nitrogens with zero attached hydrogens (tertiary/aromatic N) is 5. The summed E-state index contributed by atoms with van der Waals surface area (Å²) in [6, 6.07) is 0.237. The number of anilines is 2. The lowest BCUT2D eigenvalue weighted by Crippen LogP contribution is -2.26. The summed E-state index contributed by atoms with van der Waals surface area (Å²) < 4.78 is 15.4. The van der Waals surface area contributed by atoms with Crippen molar-refractivity contribution >= 4 is 35.4 Å². The van der Waals surface area contributed by atoms with Gasteiger partial charge in [-0.3, -0.25) is 14.9 Å². The van der Waals surface area contributed by atoms with Gasteiger partial charge in [0.05, 0.1) is 19.2 Å². The van der Waals surface area contributed by atoms with E-state index in [1.165, 1.54) is 12.8 Å². The van der Waals surface area contributed by atoms with E-state index >= 15 is 0 Å². The number of hydrogen-bond donors (Lipinski definition) is 2. The van der Waals surface area contributed by atoms with Crippen LogP contribution in [0.5, 0.6) is 0 Å². The van der Waals surface area contributed by atoms with Gasteiger partial charge in [-0.1, -0.05) is 0 Å². The summed E-state index contributed by atoms with van der Waals surface area (Å²) in [5.41, 5.74) is 1.50. The minimum absolute atomic E-state index is 0.0353. The minimum Gasteiger partial charge on any atom is -0.351 e. The molecule has 2 atom stereocenters. The van der Waals surface area contributed by atoms with Crippen LogP contribution in [0.25, 0.3) is 11.7 Å². The van der Waals surface area contributed by atoms with Crippen molar-refractivity contribution in [2.75, 3.05) is 23.3 Å². The summed E-state index contributed by atoms with van der Waals surface area (Å²) in [6.45, 7) is 2.92. The molecule has 152 valence electrons. The van der Waals surface area contributed by atoms with Gasteiger partial charge >= 0.3 is 0 Å². The Bertz CT molecular complexity index is 1030. The lowest BCUT2D eigenvalue weighted by atomic mass is 10.1. The third-order valence-electron chi connectivity index (χ3n) is 5.70. The first-order valence-corrected chi connectivity index (χ1v) is 9.94. The van der Waals surface area contributed by atoms with Gasteiger partial charge < -0.3 is 10.2 Å². The highest BCUT2D eigenvalue weighted by atomic mass is 19.1. The van der Waals surface area contributed by atoms with Gasteiger partial charge in [-0.2, -0.15) is 19.6 Å². The zero-order chi connectivity index (χ0) is 20.1. The highest BCUT2D eigenvalue weighted by Gasteiger charge is 2.30. The van der Waals surface area contributed by atoms with Crippen LogP contribution < -0.4 is 15.5 Å². The second-order valence-corrected chi connectivity index (χ2v) is 8.01. The molecule has 2 amide bonds. The fourth-order valence-corrected chi connectivity index (χ4v) is 3.88. The highest BCUT2D eigenvalue weighted by Crippen LogP contribution is 2.34. The molecule has 2 aromatic heterocycles. The molecule has 3 aliphatic rings. The lowest BCUT2D eigenvalue weighted by molar-refractivity contribution is -0.124. The maximum Gasteiger partial charge on any atom is 0.254 e. The summed E-state index contributed by atoms with van der Waals surface area (Å²) in [5, 5.41) is 10.0. The SMILES string of the molecule is C[C@H](Nc1nc(N2CC[C@H](F)C2)n2ncc(C=C3CC(=O)NC3=O)c2n1)C1CC1. The molecule has 2 saturated heterocycles. The summed E-state index contributed by atoms with van der Waals surface area (Å²) in [4.78, 5) is 34.5. The number of nitrogens with one attached hydrogen (secondary N) is 2. The van der Waals surface area contributed by atoms with Crippen molar-refractivity contribution in [2.24, 2.45) is 5.92 Å². The number of carbonyl (C=O) groups excluding carboxylic acids is 2. The quantitative estimate of drug-likeness (QED) is 0.577. The topological polar surface area (TPSA) is 105 Å².